The smallest absolute Gasteiger partial charge is 0.338 e. The summed E-state index contributed by atoms with van der Waals surface area (Å²) in [5, 5.41) is 8.82. The molecule has 0 radical (unpaired) electrons. The van der Waals surface area contributed by atoms with Gasteiger partial charge in [-0.25, -0.2) is 4.79 Å². The van der Waals surface area contributed by atoms with Crippen LogP contribution in [0.1, 0.15) is 282 Å². The highest BCUT2D eigenvalue weighted by Gasteiger charge is 2.20. The van der Waals surface area contributed by atoms with Crippen molar-refractivity contribution in [1.82, 2.24) is 0 Å². The summed E-state index contributed by atoms with van der Waals surface area (Å²) >= 11 is 0. The molecule has 0 spiro atoms. The second-order valence-electron chi connectivity index (χ2n) is 18.0. The van der Waals surface area contributed by atoms with Crippen molar-refractivity contribution >= 4 is 11.9 Å². The third-order valence-electron chi connectivity index (χ3n) is 12.0. The molecule has 7 heteroatoms. The number of hydrogen-bond acceptors (Lipinski definition) is 6. The first-order chi connectivity index (χ1) is 30.0. The average molecular weight is 859 g/mol. The van der Waals surface area contributed by atoms with Gasteiger partial charge in [-0.3, -0.25) is 4.79 Å². The largest absolute Gasteiger partial charge is 0.490 e. The van der Waals surface area contributed by atoms with E-state index in [0.29, 0.717) is 49.2 Å². The van der Waals surface area contributed by atoms with E-state index in [0.717, 1.165) is 89.9 Å². The van der Waals surface area contributed by atoms with E-state index in [9.17, 15) is 9.59 Å². The van der Waals surface area contributed by atoms with E-state index in [2.05, 4.69) is 20.8 Å². The minimum atomic E-state index is -0.709. The lowest BCUT2D eigenvalue weighted by Crippen LogP contribution is -2.11. The molecular weight excluding hydrogens is 761 g/mol. The highest BCUT2D eigenvalue weighted by atomic mass is 16.5. The monoisotopic (exact) mass is 859 g/mol. The number of aliphatic carboxylic acids is 1. The summed E-state index contributed by atoms with van der Waals surface area (Å²) in [5.41, 5.74) is 0.462. The summed E-state index contributed by atoms with van der Waals surface area (Å²) in [6.45, 7) is 8.98. The van der Waals surface area contributed by atoms with E-state index in [1.54, 1.807) is 0 Å². The van der Waals surface area contributed by atoms with Gasteiger partial charge in [-0.1, -0.05) is 233 Å². The van der Waals surface area contributed by atoms with E-state index in [1.165, 1.54) is 154 Å². The third kappa shape index (κ3) is 35.7. The molecule has 0 unspecified atom stereocenters. The number of esters is 1. The molecule has 61 heavy (non-hydrogen) atoms. The van der Waals surface area contributed by atoms with Gasteiger partial charge in [0.25, 0.3) is 0 Å². The van der Waals surface area contributed by atoms with Crippen molar-refractivity contribution in [1.29, 1.82) is 0 Å². The molecule has 0 saturated carbocycles. The second-order valence-corrected chi connectivity index (χ2v) is 18.0. The van der Waals surface area contributed by atoms with E-state index < -0.39 is 5.97 Å². The van der Waals surface area contributed by atoms with Crippen molar-refractivity contribution in [3.05, 3.63) is 17.7 Å². The minimum Gasteiger partial charge on any atom is -0.490 e. The fraction of sp³-hybridized carbons (Fsp3) is 0.852. The van der Waals surface area contributed by atoms with Gasteiger partial charge in [0.1, 0.15) is 0 Å². The number of benzene rings is 1. The summed E-state index contributed by atoms with van der Waals surface area (Å²) in [6.07, 6.45) is 46.3. The Hall–Kier alpha value is -2.44. The van der Waals surface area contributed by atoms with Crippen LogP contribution in [0.2, 0.25) is 0 Å². The van der Waals surface area contributed by atoms with Crippen molar-refractivity contribution in [2.45, 2.75) is 271 Å². The van der Waals surface area contributed by atoms with Crippen molar-refractivity contribution < 1.29 is 33.6 Å². The van der Waals surface area contributed by atoms with Gasteiger partial charge in [0.2, 0.25) is 5.75 Å². The van der Waals surface area contributed by atoms with Crippen LogP contribution in [-0.4, -0.2) is 43.5 Å². The number of rotatable bonds is 48. The van der Waals surface area contributed by atoms with Gasteiger partial charge in [-0.15, -0.1) is 0 Å². The zero-order valence-electron chi connectivity index (χ0n) is 40.5. The first-order valence-corrected chi connectivity index (χ1v) is 26.5. The quantitative estimate of drug-likeness (QED) is 0.0515. The summed E-state index contributed by atoms with van der Waals surface area (Å²) in [5.74, 6) is 0.777. The predicted molar refractivity (Wildman–Crippen MR) is 258 cm³/mol. The van der Waals surface area contributed by atoms with Gasteiger partial charge < -0.3 is 24.1 Å². The molecule has 1 aromatic carbocycles. The van der Waals surface area contributed by atoms with Crippen LogP contribution in [0.5, 0.6) is 17.2 Å². The molecule has 0 aliphatic carbocycles. The molecule has 0 fully saturated rings. The first kappa shape index (κ1) is 56.6. The molecule has 1 aromatic rings. The predicted octanol–water partition coefficient (Wildman–Crippen LogP) is 17.3. The van der Waals surface area contributed by atoms with E-state index in [1.807, 2.05) is 12.1 Å². The second kappa shape index (κ2) is 44.2. The first-order valence-electron chi connectivity index (χ1n) is 26.5. The average Bonchev–Trinajstić information content (AvgIpc) is 3.25. The number of unbranched alkanes of at least 4 members (excludes halogenated alkanes) is 34. The Morgan fingerprint density at radius 3 is 0.984 bits per heavy atom. The highest BCUT2D eigenvalue weighted by Crippen LogP contribution is 2.40. The lowest BCUT2D eigenvalue weighted by Gasteiger charge is -2.19. The van der Waals surface area contributed by atoms with Crippen LogP contribution in [0.25, 0.3) is 0 Å². The fourth-order valence-corrected chi connectivity index (χ4v) is 8.05. The van der Waals surface area contributed by atoms with Crippen LogP contribution in [0.4, 0.5) is 0 Å². The van der Waals surface area contributed by atoms with Crippen LogP contribution in [0.3, 0.4) is 0 Å². The molecule has 7 nitrogen and oxygen atoms in total. The minimum absolute atomic E-state index is 0.264. The Bertz CT molecular complexity index is 1070. The summed E-state index contributed by atoms with van der Waals surface area (Å²) in [4.78, 5) is 24.2. The zero-order chi connectivity index (χ0) is 44.1. The van der Waals surface area contributed by atoms with Crippen molar-refractivity contribution in [3.8, 4) is 17.2 Å². The topological polar surface area (TPSA) is 91.3 Å². The van der Waals surface area contributed by atoms with Crippen LogP contribution in [0, 0.1) is 0 Å². The van der Waals surface area contributed by atoms with Gasteiger partial charge in [0.15, 0.2) is 11.5 Å². The van der Waals surface area contributed by atoms with Crippen molar-refractivity contribution in [3.63, 3.8) is 0 Å². The van der Waals surface area contributed by atoms with Gasteiger partial charge in [-0.2, -0.15) is 0 Å². The Morgan fingerprint density at radius 2 is 0.656 bits per heavy atom. The maximum Gasteiger partial charge on any atom is 0.338 e. The zero-order valence-corrected chi connectivity index (χ0v) is 40.5. The van der Waals surface area contributed by atoms with E-state index in [4.69, 9.17) is 24.1 Å². The summed E-state index contributed by atoms with van der Waals surface area (Å²) < 4.78 is 25.3. The molecule has 0 atom stereocenters. The number of ether oxygens (including phenoxy) is 4. The Morgan fingerprint density at radius 1 is 0.377 bits per heavy atom. The van der Waals surface area contributed by atoms with Crippen LogP contribution < -0.4 is 14.2 Å². The van der Waals surface area contributed by atoms with Crippen LogP contribution >= 0.6 is 0 Å². The Balaban J connectivity index is 2.86. The Kier molecular flexibility index (Phi) is 41.0. The molecule has 0 aliphatic heterocycles. The summed E-state index contributed by atoms with van der Waals surface area (Å²) in [7, 11) is 0. The normalized spacial score (nSPS) is 11.3. The number of carbonyl (C=O) groups is 2. The third-order valence-corrected chi connectivity index (χ3v) is 12.0. The molecule has 356 valence electrons. The molecule has 0 aromatic heterocycles. The van der Waals surface area contributed by atoms with Crippen LogP contribution in [0.15, 0.2) is 12.1 Å². The molecule has 0 amide bonds. The number of carbonyl (C=O) groups excluding carboxylic acids is 1. The van der Waals surface area contributed by atoms with Gasteiger partial charge in [-0.05, 0) is 44.2 Å². The van der Waals surface area contributed by atoms with Crippen molar-refractivity contribution in [2.24, 2.45) is 0 Å². The Labute approximate surface area is 377 Å². The number of carboxylic acid groups (broad SMARTS) is 1. The van der Waals surface area contributed by atoms with Gasteiger partial charge in [0.05, 0.1) is 32.0 Å². The summed E-state index contributed by atoms with van der Waals surface area (Å²) in [6, 6.07) is 3.65. The molecule has 0 aliphatic rings. The molecule has 1 N–H and O–H groups in total. The molecule has 0 heterocycles. The fourth-order valence-electron chi connectivity index (χ4n) is 8.05. The lowest BCUT2D eigenvalue weighted by molar-refractivity contribution is -0.137. The molecular formula is C54H98O7. The number of carboxylic acids is 1. The van der Waals surface area contributed by atoms with Gasteiger partial charge in [0, 0.05) is 6.42 Å². The lowest BCUT2D eigenvalue weighted by atomic mass is 10.1. The van der Waals surface area contributed by atoms with E-state index >= 15 is 0 Å². The molecule has 1 rings (SSSR count). The maximum absolute atomic E-state index is 13.5. The van der Waals surface area contributed by atoms with Crippen LogP contribution in [-0.2, 0) is 9.53 Å². The van der Waals surface area contributed by atoms with E-state index in [-0.39, 0.29) is 12.4 Å². The molecule has 0 bridgehead atoms. The highest BCUT2D eigenvalue weighted by molar-refractivity contribution is 5.91. The van der Waals surface area contributed by atoms with Gasteiger partial charge >= 0.3 is 11.9 Å². The maximum atomic E-state index is 13.5. The van der Waals surface area contributed by atoms with Crippen molar-refractivity contribution in [2.75, 3.05) is 26.4 Å². The number of hydrogen-bond donors (Lipinski definition) is 1. The SMILES string of the molecule is CCCCCCCCCCCCOc1cc(C(=O)OCCCCCCCCCCC(=O)O)cc(OCCCCCCCCCCCC)c1OCCCCCCCCCCCC. The standard InChI is InChI=1S/C54H98O7/c1-4-7-10-13-16-19-23-28-33-38-43-58-50-47-49(54(57)61-46-41-36-31-26-22-27-32-37-42-52(55)56)48-51(59-44-39-34-29-24-20-17-14-11-8-5-2)53(50)60-45-40-35-30-25-21-18-15-12-9-6-3/h47-48H,4-46H2,1-3H3,(H,55,56). The molecule has 0 saturated heterocycles.